The Morgan fingerprint density at radius 3 is 2.63 bits per heavy atom. The third-order valence-electron chi connectivity index (χ3n) is 4.63. The maximum Gasteiger partial charge on any atom is 0.270 e. The molecule has 0 spiro atoms. The molecule has 6 heteroatoms. The van der Waals surface area contributed by atoms with Crippen molar-refractivity contribution >= 4 is 28.4 Å². The number of carbonyl (C=O) groups is 1. The maximum atomic E-state index is 13.3. The van der Waals surface area contributed by atoms with Gasteiger partial charge in [0.25, 0.3) is 5.91 Å². The zero-order valence-electron chi connectivity index (χ0n) is 15.7. The molecule has 0 aliphatic heterocycles. The molecular weight excluding hydrogens is 364 g/mol. The molecular formula is C21H23ClN2O3. The molecule has 0 fully saturated rings. The number of carbonyl (C=O) groups excluding carboxylic acids is 1. The van der Waals surface area contributed by atoms with Crippen LogP contribution in [0.1, 0.15) is 16.1 Å². The SMILES string of the molecule is COCCN(Cc1ccccc1OC)C(=O)c1cc2cccc(Cl)c2n1C. The first-order valence-electron chi connectivity index (χ1n) is 8.71. The van der Waals surface area contributed by atoms with Crippen molar-refractivity contribution in [3.8, 4) is 5.75 Å². The average molecular weight is 387 g/mol. The lowest BCUT2D eigenvalue weighted by Gasteiger charge is -2.24. The van der Waals surface area contributed by atoms with E-state index in [1.54, 1.807) is 19.1 Å². The Balaban J connectivity index is 1.96. The second kappa shape index (κ2) is 8.46. The van der Waals surface area contributed by atoms with Gasteiger partial charge in [-0.1, -0.05) is 41.9 Å². The first-order valence-corrected chi connectivity index (χ1v) is 9.08. The molecule has 2 aromatic carbocycles. The monoisotopic (exact) mass is 386 g/mol. The Hall–Kier alpha value is -2.50. The van der Waals surface area contributed by atoms with Gasteiger partial charge in [-0.15, -0.1) is 0 Å². The van der Waals surface area contributed by atoms with Gasteiger partial charge in [-0.05, 0) is 18.2 Å². The minimum absolute atomic E-state index is 0.0762. The molecule has 0 saturated carbocycles. The van der Waals surface area contributed by atoms with Gasteiger partial charge in [0, 0.05) is 38.2 Å². The summed E-state index contributed by atoms with van der Waals surface area (Å²) in [4.78, 5) is 15.1. The summed E-state index contributed by atoms with van der Waals surface area (Å²) in [5, 5.41) is 1.57. The molecule has 1 aromatic heterocycles. The lowest BCUT2D eigenvalue weighted by Crippen LogP contribution is -2.34. The normalized spacial score (nSPS) is 11.0. The van der Waals surface area contributed by atoms with E-state index >= 15 is 0 Å². The molecule has 0 aliphatic carbocycles. The minimum atomic E-state index is -0.0762. The topological polar surface area (TPSA) is 43.7 Å². The summed E-state index contributed by atoms with van der Waals surface area (Å²) < 4.78 is 12.5. The number of nitrogens with zero attached hydrogens (tertiary/aromatic N) is 2. The van der Waals surface area contributed by atoms with Gasteiger partial charge < -0.3 is 18.9 Å². The van der Waals surface area contributed by atoms with E-state index in [0.717, 1.165) is 22.2 Å². The molecule has 0 saturated heterocycles. The van der Waals surface area contributed by atoms with Crippen molar-refractivity contribution in [3.63, 3.8) is 0 Å². The quantitative estimate of drug-likeness (QED) is 0.613. The highest BCUT2D eigenvalue weighted by Gasteiger charge is 2.22. The standard InChI is InChI=1S/C21H23ClN2O3/c1-23-18(13-15-8-6-9-17(22)20(15)23)21(25)24(11-12-26-2)14-16-7-4-5-10-19(16)27-3/h4-10,13H,11-12,14H2,1-3H3. The zero-order valence-corrected chi connectivity index (χ0v) is 16.5. The van der Waals surface area contributed by atoms with Crippen LogP contribution < -0.4 is 4.74 Å². The molecule has 3 rings (SSSR count). The maximum absolute atomic E-state index is 13.3. The number of aromatic nitrogens is 1. The fraction of sp³-hybridized carbons (Fsp3) is 0.286. The van der Waals surface area contributed by atoms with Crippen LogP contribution in [-0.2, 0) is 18.3 Å². The van der Waals surface area contributed by atoms with Gasteiger partial charge in [0.05, 0.1) is 24.3 Å². The molecule has 0 unspecified atom stereocenters. The number of hydrogen-bond acceptors (Lipinski definition) is 3. The highest BCUT2D eigenvalue weighted by Crippen LogP contribution is 2.27. The van der Waals surface area contributed by atoms with E-state index in [2.05, 4.69) is 0 Å². The molecule has 5 nitrogen and oxygen atoms in total. The van der Waals surface area contributed by atoms with Crippen molar-refractivity contribution < 1.29 is 14.3 Å². The Bertz CT molecular complexity index is 952. The summed E-state index contributed by atoms with van der Waals surface area (Å²) in [5.41, 5.74) is 2.39. The van der Waals surface area contributed by atoms with Gasteiger partial charge in [-0.25, -0.2) is 0 Å². The van der Waals surface area contributed by atoms with E-state index in [-0.39, 0.29) is 5.91 Å². The number of benzene rings is 2. The fourth-order valence-electron chi connectivity index (χ4n) is 3.23. The van der Waals surface area contributed by atoms with Gasteiger partial charge in [0.1, 0.15) is 11.4 Å². The lowest BCUT2D eigenvalue weighted by atomic mass is 10.1. The largest absolute Gasteiger partial charge is 0.496 e. The predicted octanol–water partition coefficient (Wildman–Crippen LogP) is 4.13. The molecule has 27 heavy (non-hydrogen) atoms. The number of halogens is 1. The van der Waals surface area contributed by atoms with Crippen molar-refractivity contribution in [2.45, 2.75) is 6.54 Å². The number of hydrogen-bond donors (Lipinski definition) is 0. The smallest absolute Gasteiger partial charge is 0.270 e. The van der Waals surface area contributed by atoms with E-state index < -0.39 is 0 Å². The number of amides is 1. The highest BCUT2D eigenvalue weighted by molar-refractivity contribution is 6.35. The number of rotatable bonds is 7. The van der Waals surface area contributed by atoms with Crippen LogP contribution in [-0.4, -0.2) is 42.7 Å². The second-order valence-corrected chi connectivity index (χ2v) is 6.70. The molecule has 1 amide bonds. The molecule has 0 N–H and O–H groups in total. The van der Waals surface area contributed by atoms with Crippen LogP contribution in [0.15, 0.2) is 48.5 Å². The molecule has 0 aliphatic rings. The lowest BCUT2D eigenvalue weighted by molar-refractivity contribution is 0.0670. The molecule has 0 bridgehead atoms. The van der Waals surface area contributed by atoms with Crippen LogP contribution in [0.2, 0.25) is 5.02 Å². The summed E-state index contributed by atoms with van der Waals surface area (Å²) >= 11 is 6.33. The highest BCUT2D eigenvalue weighted by atomic mass is 35.5. The van der Waals surface area contributed by atoms with Crippen molar-refractivity contribution in [1.29, 1.82) is 0 Å². The van der Waals surface area contributed by atoms with Crippen LogP contribution in [0.5, 0.6) is 5.75 Å². The third-order valence-corrected chi connectivity index (χ3v) is 4.94. The molecule has 1 heterocycles. The Morgan fingerprint density at radius 2 is 1.93 bits per heavy atom. The summed E-state index contributed by atoms with van der Waals surface area (Å²) in [6.07, 6.45) is 0. The van der Waals surface area contributed by atoms with E-state index in [0.29, 0.717) is 30.4 Å². The Labute approximate surface area is 164 Å². The predicted molar refractivity (Wildman–Crippen MR) is 108 cm³/mol. The summed E-state index contributed by atoms with van der Waals surface area (Å²) in [7, 11) is 5.12. The molecule has 0 radical (unpaired) electrons. The molecule has 142 valence electrons. The number of fused-ring (bicyclic) bond motifs is 1. The van der Waals surface area contributed by atoms with Crippen molar-refractivity contribution in [3.05, 3.63) is 64.8 Å². The van der Waals surface area contributed by atoms with Crippen molar-refractivity contribution in [2.24, 2.45) is 7.05 Å². The summed E-state index contributed by atoms with van der Waals surface area (Å²) in [6, 6.07) is 15.3. The second-order valence-electron chi connectivity index (χ2n) is 6.30. The minimum Gasteiger partial charge on any atom is -0.496 e. The van der Waals surface area contributed by atoms with E-state index in [1.807, 2.05) is 60.1 Å². The zero-order chi connectivity index (χ0) is 19.4. The Kier molecular flexibility index (Phi) is 6.04. The van der Waals surface area contributed by atoms with E-state index in [4.69, 9.17) is 21.1 Å². The van der Waals surface area contributed by atoms with Crippen LogP contribution in [0, 0.1) is 0 Å². The average Bonchev–Trinajstić information content (AvgIpc) is 3.02. The van der Waals surface area contributed by atoms with E-state index in [9.17, 15) is 4.79 Å². The third kappa shape index (κ3) is 3.94. The first kappa shape index (κ1) is 19.3. The summed E-state index contributed by atoms with van der Waals surface area (Å²) in [6.45, 7) is 1.36. The van der Waals surface area contributed by atoms with Gasteiger partial charge in [0.15, 0.2) is 0 Å². The molecule has 3 aromatic rings. The van der Waals surface area contributed by atoms with Crippen LogP contribution in [0.25, 0.3) is 10.9 Å². The summed E-state index contributed by atoms with van der Waals surface area (Å²) in [5.74, 6) is 0.681. The van der Waals surface area contributed by atoms with Crippen molar-refractivity contribution in [1.82, 2.24) is 9.47 Å². The number of aryl methyl sites for hydroxylation is 1. The van der Waals surface area contributed by atoms with Crippen LogP contribution in [0.4, 0.5) is 0 Å². The van der Waals surface area contributed by atoms with Crippen LogP contribution in [0.3, 0.4) is 0 Å². The number of para-hydroxylation sites is 2. The number of methoxy groups -OCH3 is 2. The first-order chi connectivity index (χ1) is 13.1. The van der Waals surface area contributed by atoms with Gasteiger partial charge in [0.2, 0.25) is 0 Å². The number of ether oxygens (including phenoxy) is 2. The fourth-order valence-corrected chi connectivity index (χ4v) is 3.54. The van der Waals surface area contributed by atoms with Crippen molar-refractivity contribution in [2.75, 3.05) is 27.4 Å². The molecule has 0 atom stereocenters. The Morgan fingerprint density at radius 1 is 1.15 bits per heavy atom. The van der Waals surface area contributed by atoms with E-state index in [1.165, 1.54) is 0 Å². The van der Waals surface area contributed by atoms with Gasteiger partial charge in [-0.2, -0.15) is 0 Å². The van der Waals surface area contributed by atoms with Gasteiger partial charge >= 0.3 is 0 Å². The van der Waals surface area contributed by atoms with Gasteiger partial charge in [-0.3, -0.25) is 4.79 Å². The van der Waals surface area contributed by atoms with Crippen LogP contribution >= 0.6 is 11.6 Å².